The van der Waals surface area contributed by atoms with E-state index in [1.54, 1.807) is 0 Å². The molecular formula is C33H33NO6S. The molecule has 2 aliphatic heterocycles. The van der Waals surface area contributed by atoms with Gasteiger partial charge in [-0.3, -0.25) is 0 Å². The second-order valence-corrected chi connectivity index (χ2v) is 11.6. The molecule has 0 bridgehead atoms. The number of nitrogens with two attached hydrogens (primary N) is 1. The van der Waals surface area contributed by atoms with Crippen molar-refractivity contribution < 1.29 is 28.5 Å². The zero-order chi connectivity index (χ0) is 28.6. The molecule has 2 N–H and O–H groups in total. The second kappa shape index (κ2) is 11.0. The van der Waals surface area contributed by atoms with E-state index in [1.165, 1.54) is 18.4 Å². The van der Waals surface area contributed by atoms with Gasteiger partial charge in [-0.2, -0.15) is 0 Å². The van der Waals surface area contributed by atoms with E-state index in [9.17, 15) is 4.79 Å². The third-order valence-electron chi connectivity index (χ3n) is 7.69. The number of rotatable bonds is 8. The largest absolute Gasteiger partial charge is 0.465 e. The molecule has 212 valence electrons. The number of hydrogen-bond acceptors (Lipinski definition) is 8. The minimum absolute atomic E-state index is 0.212. The number of esters is 1. The maximum Gasteiger partial charge on any atom is 0.350 e. The predicted octanol–water partition coefficient (Wildman–Crippen LogP) is 6.09. The first-order chi connectivity index (χ1) is 19.8. The molecule has 2 aliphatic rings. The van der Waals surface area contributed by atoms with Crippen LogP contribution in [0.1, 0.15) is 51.9 Å². The standard InChI is InChI=1S/C33H33NO6S/c1-32(2)39-28-25(38-27(29(28)40-32)24-20-41-30(26(24)34)31(35)36-3)19-37-33(21-13-7-4-8-14-21,22-15-9-5-10-16-22)23-17-11-6-12-18-23/h4-18,20,25,27-29H,19,34H2,1-3H3/t25-,27+,28-,29+/m1/s1. The van der Waals surface area contributed by atoms with Crippen molar-refractivity contribution in [3.05, 3.63) is 124 Å². The molecule has 0 aliphatic carbocycles. The fourth-order valence-corrected chi connectivity index (χ4v) is 6.82. The van der Waals surface area contributed by atoms with Crippen LogP contribution in [-0.4, -0.2) is 43.8 Å². The van der Waals surface area contributed by atoms with Crippen molar-refractivity contribution in [3.8, 4) is 0 Å². The Morgan fingerprint density at radius 3 is 1.90 bits per heavy atom. The predicted molar refractivity (Wildman–Crippen MR) is 157 cm³/mol. The number of nitrogen functional groups attached to an aromatic ring is 1. The zero-order valence-corrected chi connectivity index (χ0v) is 24.0. The second-order valence-electron chi connectivity index (χ2n) is 10.7. The van der Waals surface area contributed by atoms with E-state index in [1.807, 2.05) is 73.8 Å². The van der Waals surface area contributed by atoms with Gasteiger partial charge in [0, 0.05) is 5.56 Å². The monoisotopic (exact) mass is 571 g/mol. The van der Waals surface area contributed by atoms with Gasteiger partial charge in [-0.05, 0) is 35.9 Å². The Hall–Kier alpha value is -3.53. The van der Waals surface area contributed by atoms with Crippen molar-refractivity contribution >= 4 is 23.0 Å². The lowest BCUT2D eigenvalue weighted by molar-refractivity contribution is -0.196. The van der Waals surface area contributed by atoms with Crippen LogP contribution in [0.5, 0.6) is 0 Å². The fraction of sp³-hybridized carbons (Fsp3) is 0.303. The van der Waals surface area contributed by atoms with Crippen LogP contribution < -0.4 is 5.73 Å². The van der Waals surface area contributed by atoms with Gasteiger partial charge >= 0.3 is 5.97 Å². The number of carbonyl (C=O) groups is 1. The smallest absolute Gasteiger partial charge is 0.350 e. The average Bonchev–Trinajstić information content (AvgIpc) is 3.64. The van der Waals surface area contributed by atoms with Gasteiger partial charge in [0.25, 0.3) is 0 Å². The van der Waals surface area contributed by atoms with Gasteiger partial charge in [0.1, 0.15) is 34.9 Å². The van der Waals surface area contributed by atoms with Crippen molar-refractivity contribution in [3.63, 3.8) is 0 Å². The summed E-state index contributed by atoms with van der Waals surface area (Å²) in [5.74, 6) is -1.29. The third kappa shape index (κ3) is 4.96. The summed E-state index contributed by atoms with van der Waals surface area (Å²) in [5.41, 5.74) is 9.54. The zero-order valence-electron chi connectivity index (χ0n) is 23.2. The van der Waals surface area contributed by atoms with E-state index in [-0.39, 0.29) is 6.61 Å². The molecule has 41 heavy (non-hydrogen) atoms. The molecule has 0 spiro atoms. The fourth-order valence-electron chi connectivity index (χ4n) is 5.89. The van der Waals surface area contributed by atoms with Crippen LogP contribution in [0.25, 0.3) is 0 Å². The summed E-state index contributed by atoms with van der Waals surface area (Å²) < 4.78 is 31.3. The molecule has 0 amide bonds. The van der Waals surface area contributed by atoms with E-state index in [0.717, 1.165) is 16.7 Å². The number of methoxy groups -OCH3 is 1. The highest BCUT2D eigenvalue weighted by Gasteiger charge is 2.56. The number of benzene rings is 3. The Kier molecular flexibility index (Phi) is 7.44. The van der Waals surface area contributed by atoms with Gasteiger partial charge in [-0.15, -0.1) is 11.3 Å². The molecular weight excluding hydrogens is 538 g/mol. The number of fused-ring (bicyclic) bond motifs is 1. The van der Waals surface area contributed by atoms with Crippen molar-refractivity contribution in [2.24, 2.45) is 0 Å². The Bertz CT molecular complexity index is 1390. The number of carbonyl (C=O) groups excluding carboxylic acids is 1. The molecule has 3 aromatic carbocycles. The molecule has 8 heteroatoms. The first-order valence-corrected chi connectivity index (χ1v) is 14.5. The molecule has 0 saturated carbocycles. The van der Waals surface area contributed by atoms with Crippen LogP contribution in [0.15, 0.2) is 96.4 Å². The third-order valence-corrected chi connectivity index (χ3v) is 8.69. The number of hydrogen-bond donors (Lipinski definition) is 1. The van der Waals surface area contributed by atoms with Crippen LogP contribution in [-0.2, 0) is 29.3 Å². The summed E-state index contributed by atoms with van der Waals surface area (Å²) in [6.07, 6.45) is -1.84. The first kappa shape index (κ1) is 27.6. The minimum Gasteiger partial charge on any atom is -0.465 e. The van der Waals surface area contributed by atoms with Crippen LogP contribution >= 0.6 is 11.3 Å². The van der Waals surface area contributed by atoms with Gasteiger partial charge in [-0.25, -0.2) is 4.79 Å². The lowest BCUT2D eigenvalue weighted by atomic mass is 9.80. The summed E-state index contributed by atoms with van der Waals surface area (Å²) in [4.78, 5) is 12.6. The highest BCUT2D eigenvalue weighted by molar-refractivity contribution is 7.12. The number of thiophene rings is 1. The van der Waals surface area contributed by atoms with Gasteiger partial charge in [0.15, 0.2) is 5.79 Å². The molecule has 0 radical (unpaired) electrons. The Balaban J connectivity index is 1.38. The molecule has 6 rings (SSSR count). The van der Waals surface area contributed by atoms with E-state index in [2.05, 4.69) is 36.4 Å². The molecule has 4 aromatic rings. The molecule has 4 atom stereocenters. The van der Waals surface area contributed by atoms with Crippen LogP contribution in [0.3, 0.4) is 0 Å². The normalized spacial score (nSPS) is 23.3. The Morgan fingerprint density at radius 2 is 1.39 bits per heavy atom. The van der Waals surface area contributed by atoms with Crippen LogP contribution in [0.2, 0.25) is 0 Å². The molecule has 2 saturated heterocycles. The topological polar surface area (TPSA) is 89.2 Å². The van der Waals surface area contributed by atoms with E-state index >= 15 is 0 Å². The highest BCUT2D eigenvalue weighted by Crippen LogP contribution is 2.49. The summed E-state index contributed by atoms with van der Waals surface area (Å²) in [5, 5.41) is 1.84. The van der Waals surface area contributed by atoms with Crippen molar-refractivity contribution in [1.29, 1.82) is 0 Å². The quantitative estimate of drug-likeness (QED) is 0.202. The number of ether oxygens (including phenoxy) is 5. The van der Waals surface area contributed by atoms with E-state index in [4.69, 9.17) is 29.4 Å². The average molecular weight is 572 g/mol. The van der Waals surface area contributed by atoms with Gasteiger partial charge < -0.3 is 29.4 Å². The summed E-state index contributed by atoms with van der Waals surface area (Å²) in [6.45, 7) is 3.99. The Morgan fingerprint density at radius 1 is 0.878 bits per heavy atom. The first-order valence-electron chi connectivity index (χ1n) is 13.6. The van der Waals surface area contributed by atoms with Crippen LogP contribution in [0.4, 0.5) is 5.69 Å². The van der Waals surface area contributed by atoms with Crippen molar-refractivity contribution in [1.82, 2.24) is 0 Å². The highest BCUT2D eigenvalue weighted by atomic mass is 32.1. The van der Waals surface area contributed by atoms with E-state index < -0.39 is 41.8 Å². The molecule has 2 fully saturated rings. The van der Waals surface area contributed by atoms with E-state index in [0.29, 0.717) is 16.1 Å². The number of anilines is 1. The lowest BCUT2D eigenvalue weighted by Gasteiger charge is -2.37. The molecule has 0 unspecified atom stereocenters. The summed E-state index contributed by atoms with van der Waals surface area (Å²) in [7, 11) is 1.34. The summed E-state index contributed by atoms with van der Waals surface area (Å²) >= 11 is 1.23. The molecule has 1 aromatic heterocycles. The lowest BCUT2D eigenvalue weighted by Crippen LogP contribution is -2.39. The maximum atomic E-state index is 12.3. The minimum atomic E-state index is -0.908. The molecule has 7 nitrogen and oxygen atoms in total. The van der Waals surface area contributed by atoms with Gasteiger partial charge in [-0.1, -0.05) is 91.0 Å². The molecule has 3 heterocycles. The van der Waals surface area contributed by atoms with Gasteiger partial charge in [0.05, 0.1) is 19.4 Å². The van der Waals surface area contributed by atoms with Crippen LogP contribution in [0, 0.1) is 0 Å². The SMILES string of the molecule is COC(=O)c1scc([C@@H]2O[C@H](COC(c3ccccc3)(c3ccccc3)c3ccccc3)[C@H]3OC(C)(C)O[C@H]32)c1N. The van der Waals surface area contributed by atoms with Crippen molar-refractivity contribution in [2.75, 3.05) is 19.5 Å². The van der Waals surface area contributed by atoms with Crippen molar-refractivity contribution in [2.45, 2.75) is 49.7 Å². The summed E-state index contributed by atoms with van der Waals surface area (Å²) in [6, 6.07) is 30.6. The maximum absolute atomic E-state index is 12.3. The Labute approximate surface area is 243 Å². The van der Waals surface area contributed by atoms with Gasteiger partial charge in [0.2, 0.25) is 0 Å².